The SMILES string of the molecule is CC(C)(CCN)Cc1ccc(F)cc1Cl. The zero-order valence-electron chi connectivity index (χ0n) is 9.19. The van der Waals surface area contributed by atoms with Gasteiger partial charge in [-0.25, -0.2) is 4.39 Å². The Morgan fingerprint density at radius 2 is 2.07 bits per heavy atom. The van der Waals surface area contributed by atoms with Crippen LogP contribution in [-0.4, -0.2) is 6.54 Å². The van der Waals surface area contributed by atoms with Crippen LogP contribution in [-0.2, 0) is 6.42 Å². The predicted molar refractivity (Wildman–Crippen MR) is 62.6 cm³/mol. The van der Waals surface area contributed by atoms with Crippen LogP contribution in [0.15, 0.2) is 18.2 Å². The first-order valence-corrected chi connectivity index (χ1v) is 5.46. The molecule has 1 aromatic rings. The van der Waals surface area contributed by atoms with Crippen LogP contribution in [0.5, 0.6) is 0 Å². The van der Waals surface area contributed by atoms with Crippen LogP contribution in [0.4, 0.5) is 4.39 Å². The van der Waals surface area contributed by atoms with Crippen molar-refractivity contribution in [2.75, 3.05) is 6.54 Å². The van der Waals surface area contributed by atoms with Gasteiger partial charge in [0.1, 0.15) is 5.82 Å². The Morgan fingerprint density at radius 3 is 2.60 bits per heavy atom. The fourth-order valence-electron chi connectivity index (χ4n) is 1.66. The smallest absolute Gasteiger partial charge is 0.124 e. The maximum Gasteiger partial charge on any atom is 0.124 e. The average molecular weight is 230 g/mol. The fourth-order valence-corrected chi connectivity index (χ4v) is 1.89. The summed E-state index contributed by atoms with van der Waals surface area (Å²) < 4.78 is 12.8. The molecule has 0 aliphatic rings. The summed E-state index contributed by atoms with van der Waals surface area (Å²) in [5.41, 5.74) is 6.63. The number of benzene rings is 1. The van der Waals surface area contributed by atoms with Gasteiger partial charge in [-0.3, -0.25) is 0 Å². The van der Waals surface area contributed by atoms with Crippen LogP contribution in [0.1, 0.15) is 25.8 Å². The van der Waals surface area contributed by atoms with Crippen LogP contribution in [0.2, 0.25) is 5.02 Å². The monoisotopic (exact) mass is 229 g/mol. The molecule has 2 N–H and O–H groups in total. The van der Waals surface area contributed by atoms with Crippen LogP contribution in [0.3, 0.4) is 0 Å². The number of hydrogen-bond acceptors (Lipinski definition) is 1. The van der Waals surface area contributed by atoms with Gasteiger partial charge in [0, 0.05) is 5.02 Å². The Morgan fingerprint density at radius 1 is 1.40 bits per heavy atom. The highest BCUT2D eigenvalue weighted by Crippen LogP contribution is 2.29. The molecule has 0 aliphatic heterocycles. The largest absolute Gasteiger partial charge is 0.330 e. The van der Waals surface area contributed by atoms with Crippen molar-refractivity contribution in [1.29, 1.82) is 0 Å². The average Bonchev–Trinajstić information content (AvgIpc) is 2.09. The van der Waals surface area contributed by atoms with Crippen LogP contribution >= 0.6 is 11.6 Å². The highest BCUT2D eigenvalue weighted by molar-refractivity contribution is 6.31. The molecule has 0 spiro atoms. The normalized spacial score (nSPS) is 11.8. The molecule has 84 valence electrons. The third-order valence-electron chi connectivity index (χ3n) is 2.51. The van der Waals surface area contributed by atoms with E-state index >= 15 is 0 Å². The first kappa shape index (κ1) is 12.5. The zero-order valence-corrected chi connectivity index (χ0v) is 9.94. The second-order valence-electron chi connectivity index (χ2n) is 4.62. The van der Waals surface area contributed by atoms with Crippen molar-refractivity contribution < 1.29 is 4.39 Å². The lowest BCUT2D eigenvalue weighted by molar-refractivity contribution is 0.338. The Kier molecular flexibility index (Phi) is 4.12. The number of nitrogens with two attached hydrogens (primary N) is 1. The standard InChI is InChI=1S/C12H17ClFN/c1-12(2,5-6-15)8-9-3-4-10(14)7-11(9)13/h3-4,7H,5-6,8,15H2,1-2H3. The van der Waals surface area contributed by atoms with Crippen molar-refractivity contribution in [2.45, 2.75) is 26.7 Å². The molecule has 0 radical (unpaired) electrons. The summed E-state index contributed by atoms with van der Waals surface area (Å²) in [5.74, 6) is -0.291. The van der Waals surface area contributed by atoms with E-state index in [1.165, 1.54) is 12.1 Å². The maximum absolute atomic E-state index is 12.8. The highest BCUT2D eigenvalue weighted by Gasteiger charge is 2.18. The van der Waals surface area contributed by atoms with E-state index < -0.39 is 0 Å². The number of hydrogen-bond donors (Lipinski definition) is 1. The highest BCUT2D eigenvalue weighted by atomic mass is 35.5. The van der Waals surface area contributed by atoms with Gasteiger partial charge >= 0.3 is 0 Å². The molecule has 0 fully saturated rings. The van der Waals surface area contributed by atoms with Gasteiger partial charge < -0.3 is 5.73 Å². The summed E-state index contributed by atoms with van der Waals surface area (Å²) in [7, 11) is 0. The van der Waals surface area contributed by atoms with E-state index in [0.717, 1.165) is 18.4 Å². The number of halogens is 2. The molecule has 0 aliphatic carbocycles. The number of rotatable bonds is 4. The summed E-state index contributed by atoms with van der Waals surface area (Å²) in [4.78, 5) is 0. The summed E-state index contributed by atoms with van der Waals surface area (Å²) in [5, 5.41) is 0.500. The summed E-state index contributed by atoms with van der Waals surface area (Å²) >= 11 is 5.96. The Hall–Kier alpha value is -0.600. The quantitative estimate of drug-likeness (QED) is 0.842. The first-order chi connectivity index (χ1) is 6.94. The molecule has 3 heteroatoms. The van der Waals surface area contributed by atoms with E-state index in [4.69, 9.17) is 17.3 Å². The van der Waals surface area contributed by atoms with Gasteiger partial charge in [-0.1, -0.05) is 31.5 Å². The second kappa shape index (κ2) is 4.95. The van der Waals surface area contributed by atoms with Gasteiger partial charge in [0.25, 0.3) is 0 Å². The minimum Gasteiger partial charge on any atom is -0.330 e. The van der Waals surface area contributed by atoms with Crippen molar-refractivity contribution in [3.05, 3.63) is 34.6 Å². The van der Waals surface area contributed by atoms with Crippen molar-refractivity contribution in [3.63, 3.8) is 0 Å². The van der Waals surface area contributed by atoms with Crippen LogP contribution in [0.25, 0.3) is 0 Å². The van der Waals surface area contributed by atoms with Gasteiger partial charge in [0.2, 0.25) is 0 Å². The van der Waals surface area contributed by atoms with Gasteiger partial charge in [0.15, 0.2) is 0 Å². The molecule has 1 rings (SSSR count). The third kappa shape index (κ3) is 3.80. The summed E-state index contributed by atoms with van der Waals surface area (Å²) in [6.07, 6.45) is 1.75. The van der Waals surface area contributed by atoms with Crippen molar-refractivity contribution >= 4 is 11.6 Å². The third-order valence-corrected chi connectivity index (χ3v) is 2.86. The molecule has 15 heavy (non-hydrogen) atoms. The second-order valence-corrected chi connectivity index (χ2v) is 5.02. The maximum atomic E-state index is 12.8. The van der Waals surface area contributed by atoms with E-state index in [1.54, 1.807) is 6.07 Å². The molecule has 1 aromatic carbocycles. The minimum atomic E-state index is -0.291. The van der Waals surface area contributed by atoms with Crippen LogP contribution < -0.4 is 5.73 Å². The molecule has 0 saturated heterocycles. The molecule has 0 atom stereocenters. The van der Waals surface area contributed by atoms with Gasteiger partial charge in [-0.15, -0.1) is 0 Å². The van der Waals surface area contributed by atoms with Crippen molar-refractivity contribution in [2.24, 2.45) is 11.1 Å². The van der Waals surface area contributed by atoms with E-state index in [-0.39, 0.29) is 11.2 Å². The first-order valence-electron chi connectivity index (χ1n) is 5.08. The molecule has 0 unspecified atom stereocenters. The van der Waals surface area contributed by atoms with Gasteiger partial charge in [0.05, 0.1) is 0 Å². The molecule has 0 bridgehead atoms. The predicted octanol–water partition coefficient (Wildman–Crippen LogP) is 3.40. The van der Waals surface area contributed by atoms with E-state index in [0.29, 0.717) is 11.6 Å². The summed E-state index contributed by atoms with van der Waals surface area (Å²) in [6, 6.07) is 4.55. The topological polar surface area (TPSA) is 26.0 Å². The molecule has 1 nitrogen and oxygen atoms in total. The lowest BCUT2D eigenvalue weighted by Gasteiger charge is -2.24. The fraction of sp³-hybridized carbons (Fsp3) is 0.500. The molecule has 0 aromatic heterocycles. The Labute approximate surface area is 95.4 Å². The van der Waals surface area contributed by atoms with E-state index in [2.05, 4.69) is 13.8 Å². The van der Waals surface area contributed by atoms with Gasteiger partial charge in [-0.05, 0) is 42.5 Å². The van der Waals surface area contributed by atoms with Crippen molar-refractivity contribution in [1.82, 2.24) is 0 Å². The summed E-state index contributed by atoms with van der Waals surface area (Å²) in [6.45, 7) is 4.94. The molecular weight excluding hydrogens is 213 g/mol. The van der Waals surface area contributed by atoms with Crippen LogP contribution in [0, 0.1) is 11.2 Å². The van der Waals surface area contributed by atoms with E-state index in [1.807, 2.05) is 0 Å². The van der Waals surface area contributed by atoms with Crippen molar-refractivity contribution in [3.8, 4) is 0 Å². The zero-order chi connectivity index (χ0) is 11.5. The molecule has 0 amide bonds. The Balaban J connectivity index is 2.80. The molecular formula is C12H17ClFN. The Bertz CT molecular complexity index is 336. The lowest BCUT2D eigenvalue weighted by atomic mass is 9.83. The molecule has 0 saturated carbocycles. The van der Waals surface area contributed by atoms with Gasteiger partial charge in [-0.2, -0.15) is 0 Å². The lowest BCUT2D eigenvalue weighted by Crippen LogP contribution is -2.19. The van der Waals surface area contributed by atoms with E-state index in [9.17, 15) is 4.39 Å². The minimum absolute atomic E-state index is 0.107. The molecule has 0 heterocycles.